The zero-order chi connectivity index (χ0) is 20.8. The van der Waals surface area contributed by atoms with Crippen LogP contribution in [0.1, 0.15) is 18.4 Å². The van der Waals surface area contributed by atoms with E-state index >= 15 is 0 Å². The molecule has 158 valence electrons. The Morgan fingerprint density at radius 1 is 0.900 bits per heavy atom. The Morgan fingerprint density at radius 3 is 2.47 bits per heavy atom. The van der Waals surface area contributed by atoms with Crippen molar-refractivity contribution in [2.75, 3.05) is 46.7 Å². The number of anilines is 2. The van der Waals surface area contributed by atoms with Crippen LogP contribution >= 0.6 is 23.5 Å². The van der Waals surface area contributed by atoms with E-state index in [-0.39, 0.29) is 24.7 Å². The van der Waals surface area contributed by atoms with Gasteiger partial charge in [0.1, 0.15) is 0 Å². The molecule has 2 aromatic carbocycles. The standard InChI is InChI=1S/C23H27N3O2S2/c27-22(9-10-23(28)26-13-16-30-21-4-2-1-3-20(21)26)24-17-18-5-7-19(8-6-18)25-11-14-29-15-12-25/h1-8H,9-17H2,(H,24,27). The van der Waals surface area contributed by atoms with Crippen LogP contribution in [0.5, 0.6) is 0 Å². The number of nitrogens with zero attached hydrogens (tertiary/aromatic N) is 2. The molecule has 5 nitrogen and oxygen atoms in total. The van der Waals surface area contributed by atoms with E-state index in [1.54, 1.807) is 11.8 Å². The van der Waals surface area contributed by atoms with Crippen molar-refractivity contribution in [1.29, 1.82) is 0 Å². The van der Waals surface area contributed by atoms with Crippen molar-refractivity contribution in [3.63, 3.8) is 0 Å². The van der Waals surface area contributed by atoms with Gasteiger partial charge >= 0.3 is 0 Å². The van der Waals surface area contributed by atoms with E-state index < -0.39 is 0 Å². The molecule has 0 spiro atoms. The fourth-order valence-corrected chi connectivity index (χ4v) is 5.62. The molecule has 0 aromatic heterocycles. The highest BCUT2D eigenvalue weighted by Gasteiger charge is 2.22. The van der Waals surface area contributed by atoms with Crippen molar-refractivity contribution >= 4 is 46.7 Å². The molecule has 2 aliphatic rings. The van der Waals surface area contributed by atoms with Crippen molar-refractivity contribution in [2.24, 2.45) is 0 Å². The van der Waals surface area contributed by atoms with Crippen LogP contribution in [-0.4, -0.2) is 48.7 Å². The summed E-state index contributed by atoms with van der Waals surface area (Å²) >= 11 is 3.78. The second kappa shape index (κ2) is 10.3. The summed E-state index contributed by atoms with van der Waals surface area (Å²) in [6, 6.07) is 16.4. The molecule has 2 aliphatic heterocycles. The first-order chi connectivity index (χ1) is 14.7. The maximum Gasteiger partial charge on any atom is 0.227 e. The minimum absolute atomic E-state index is 0.0157. The van der Waals surface area contributed by atoms with E-state index in [1.807, 2.05) is 40.9 Å². The lowest BCUT2D eigenvalue weighted by Crippen LogP contribution is -2.36. The Bertz CT molecular complexity index is 882. The molecular formula is C23H27N3O2S2. The van der Waals surface area contributed by atoms with Crippen LogP contribution in [0.3, 0.4) is 0 Å². The molecule has 0 bridgehead atoms. The van der Waals surface area contributed by atoms with Crippen LogP contribution in [0.15, 0.2) is 53.4 Å². The lowest BCUT2D eigenvalue weighted by molar-refractivity contribution is -0.125. The SMILES string of the molecule is O=C(CCC(=O)N1CCSc2ccccc21)NCc1ccc(N2CCSCC2)cc1. The highest BCUT2D eigenvalue weighted by atomic mass is 32.2. The summed E-state index contributed by atoms with van der Waals surface area (Å²) in [5, 5.41) is 2.94. The minimum Gasteiger partial charge on any atom is -0.370 e. The van der Waals surface area contributed by atoms with Gasteiger partial charge in [0, 0.05) is 66.9 Å². The Kier molecular flexibility index (Phi) is 7.23. The van der Waals surface area contributed by atoms with Crippen LogP contribution in [0, 0.1) is 0 Å². The number of amides is 2. The molecule has 0 radical (unpaired) electrons. The highest BCUT2D eigenvalue weighted by molar-refractivity contribution is 7.99. The van der Waals surface area contributed by atoms with Crippen molar-refractivity contribution in [2.45, 2.75) is 24.3 Å². The van der Waals surface area contributed by atoms with Crippen LogP contribution in [0.2, 0.25) is 0 Å². The zero-order valence-electron chi connectivity index (χ0n) is 17.0. The molecule has 2 aromatic rings. The number of para-hydroxylation sites is 1. The van der Waals surface area contributed by atoms with Crippen LogP contribution in [-0.2, 0) is 16.1 Å². The smallest absolute Gasteiger partial charge is 0.227 e. The molecule has 0 aliphatic carbocycles. The first kappa shape index (κ1) is 21.1. The van der Waals surface area contributed by atoms with Gasteiger partial charge in [0.25, 0.3) is 0 Å². The first-order valence-corrected chi connectivity index (χ1v) is 12.6. The molecule has 7 heteroatoms. The van der Waals surface area contributed by atoms with E-state index in [9.17, 15) is 9.59 Å². The largest absolute Gasteiger partial charge is 0.370 e. The van der Waals surface area contributed by atoms with Gasteiger partial charge in [-0.15, -0.1) is 11.8 Å². The maximum atomic E-state index is 12.7. The molecule has 30 heavy (non-hydrogen) atoms. The van der Waals surface area contributed by atoms with Crippen LogP contribution < -0.4 is 15.1 Å². The maximum absolute atomic E-state index is 12.7. The van der Waals surface area contributed by atoms with Gasteiger partial charge in [0.05, 0.1) is 5.69 Å². The first-order valence-electron chi connectivity index (χ1n) is 10.4. The van der Waals surface area contributed by atoms with Gasteiger partial charge in [0.15, 0.2) is 0 Å². The molecule has 4 rings (SSSR count). The number of benzene rings is 2. The fraction of sp³-hybridized carbons (Fsp3) is 0.391. The second-order valence-electron chi connectivity index (χ2n) is 7.40. The predicted octanol–water partition coefficient (Wildman–Crippen LogP) is 3.78. The summed E-state index contributed by atoms with van der Waals surface area (Å²) in [6.45, 7) is 3.38. The average molecular weight is 442 g/mol. The summed E-state index contributed by atoms with van der Waals surface area (Å²) < 4.78 is 0. The quantitative estimate of drug-likeness (QED) is 0.740. The van der Waals surface area contributed by atoms with Crippen molar-refractivity contribution in [3.05, 3.63) is 54.1 Å². The lowest BCUT2D eigenvalue weighted by atomic mass is 10.2. The van der Waals surface area contributed by atoms with Gasteiger partial charge in [-0.25, -0.2) is 0 Å². The number of thioether (sulfide) groups is 2. The highest BCUT2D eigenvalue weighted by Crippen LogP contribution is 2.34. The summed E-state index contributed by atoms with van der Waals surface area (Å²) in [7, 11) is 0. The number of carbonyl (C=O) groups excluding carboxylic acids is 2. The van der Waals surface area contributed by atoms with E-state index in [2.05, 4.69) is 34.5 Å². The Labute approximate surface area is 186 Å². The van der Waals surface area contributed by atoms with Crippen molar-refractivity contribution in [1.82, 2.24) is 5.32 Å². The Morgan fingerprint density at radius 2 is 1.67 bits per heavy atom. The monoisotopic (exact) mass is 441 g/mol. The number of carbonyl (C=O) groups is 2. The van der Waals surface area contributed by atoms with Crippen molar-refractivity contribution < 1.29 is 9.59 Å². The molecule has 0 saturated carbocycles. The Hall–Kier alpha value is -2.12. The topological polar surface area (TPSA) is 52.7 Å². The molecule has 1 saturated heterocycles. The average Bonchev–Trinajstić information content (AvgIpc) is 2.81. The third-order valence-electron chi connectivity index (χ3n) is 5.40. The number of nitrogens with one attached hydrogen (secondary N) is 1. The molecule has 0 unspecified atom stereocenters. The van der Waals surface area contributed by atoms with Crippen LogP contribution in [0.4, 0.5) is 11.4 Å². The lowest BCUT2D eigenvalue weighted by Gasteiger charge is -2.29. The van der Waals surface area contributed by atoms with Gasteiger partial charge in [-0.1, -0.05) is 24.3 Å². The van der Waals surface area contributed by atoms with Gasteiger partial charge < -0.3 is 15.1 Å². The Balaban J connectivity index is 1.23. The van der Waals surface area contributed by atoms with Gasteiger partial charge in [-0.3, -0.25) is 9.59 Å². The fourth-order valence-electron chi connectivity index (χ4n) is 3.72. The summed E-state index contributed by atoms with van der Waals surface area (Å²) in [4.78, 5) is 30.3. The van der Waals surface area contributed by atoms with E-state index in [4.69, 9.17) is 0 Å². The van der Waals surface area contributed by atoms with E-state index in [1.165, 1.54) is 17.2 Å². The van der Waals surface area contributed by atoms with E-state index in [0.717, 1.165) is 35.0 Å². The van der Waals surface area contributed by atoms with Gasteiger partial charge in [0.2, 0.25) is 11.8 Å². The third-order valence-corrected chi connectivity index (χ3v) is 7.38. The van der Waals surface area contributed by atoms with Gasteiger partial charge in [-0.05, 0) is 29.8 Å². The molecule has 1 fully saturated rings. The third kappa shape index (κ3) is 5.32. The normalized spacial score (nSPS) is 16.1. The number of fused-ring (bicyclic) bond motifs is 1. The number of hydrogen-bond donors (Lipinski definition) is 1. The van der Waals surface area contributed by atoms with Gasteiger partial charge in [-0.2, -0.15) is 11.8 Å². The summed E-state index contributed by atoms with van der Waals surface area (Å²) in [5.41, 5.74) is 3.29. The molecule has 2 heterocycles. The number of rotatable bonds is 6. The molecule has 0 atom stereocenters. The zero-order valence-corrected chi connectivity index (χ0v) is 18.6. The summed E-state index contributed by atoms with van der Waals surface area (Å²) in [6.07, 6.45) is 0.449. The van der Waals surface area contributed by atoms with E-state index in [0.29, 0.717) is 13.1 Å². The molecular weight excluding hydrogens is 414 g/mol. The second-order valence-corrected chi connectivity index (χ2v) is 9.77. The molecule has 1 N–H and O–H groups in total. The summed E-state index contributed by atoms with van der Waals surface area (Å²) in [5.74, 6) is 3.18. The van der Waals surface area contributed by atoms with Crippen LogP contribution in [0.25, 0.3) is 0 Å². The number of hydrogen-bond acceptors (Lipinski definition) is 5. The minimum atomic E-state index is -0.0832. The predicted molar refractivity (Wildman–Crippen MR) is 127 cm³/mol. The molecule has 2 amide bonds. The van der Waals surface area contributed by atoms with Crippen molar-refractivity contribution in [3.8, 4) is 0 Å².